The van der Waals surface area contributed by atoms with E-state index in [-0.39, 0.29) is 0 Å². The largest absolute Gasteiger partial charge is 0.359 e. The molecule has 0 saturated carbocycles. The number of halogens is 1. The Bertz CT molecular complexity index is 529. The van der Waals surface area contributed by atoms with E-state index < -0.39 is 0 Å². The molecular formula is C15H17ClN2S. The van der Waals surface area contributed by atoms with Crippen LogP contribution in [0.25, 0.3) is 0 Å². The summed E-state index contributed by atoms with van der Waals surface area (Å²) in [6.07, 6.45) is 4.11. The molecule has 1 fully saturated rings. The van der Waals surface area contributed by atoms with Crippen LogP contribution in [0.5, 0.6) is 0 Å². The topological polar surface area (TPSA) is 15.3 Å². The van der Waals surface area contributed by atoms with Crippen LogP contribution in [0.15, 0.2) is 30.9 Å². The van der Waals surface area contributed by atoms with Crippen molar-refractivity contribution in [3.8, 4) is 0 Å². The third-order valence-electron chi connectivity index (χ3n) is 4.12. The molecule has 1 aliphatic heterocycles. The Morgan fingerprint density at radius 3 is 3.21 bits per heavy atom. The van der Waals surface area contributed by atoms with Crippen molar-refractivity contribution in [2.75, 3.05) is 13.1 Å². The van der Waals surface area contributed by atoms with Gasteiger partial charge in [-0.15, -0.1) is 6.58 Å². The second-order valence-corrected chi connectivity index (χ2v) is 5.94. The summed E-state index contributed by atoms with van der Waals surface area (Å²) in [5, 5.41) is 4.93. The summed E-state index contributed by atoms with van der Waals surface area (Å²) >= 11 is 11.9. The Morgan fingerprint density at radius 2 is 2.42 bits per heavy atom. The summed E-state index contributed by atoms with van der Waals surface area (Å²) in [7, 11) is 0. The summed E-state index contributed by atoms with van der Waals surface area (Å²) < 4.78 is 0. The smallest absolute Gasteiger partial charge is 0.169 e. The summed E-state index contributed by atoms with van der Waals surface area (Å²) in [5.74, 6) is 0.650. The lowest BCUT2D eigenvalue weighted by Gasteiger charge is -2.36. The van der Waals surface area contributed by atoms with Gasteiger partial charge in [0.25, 0.3) is 0 Å². The standard InChI is InChI=1S/C15H17ClN2S/c1-2-7-17-15(19)18-8-6-10-9-13(18)14-11(10)4-3-5-12(14)16/h2-5,10,13H,1,6-9H2,(H,17,19). The maximum absolute atomic E-state index is 6.40. The zero-order valence-corrected chi connectivity index (χ0v) is 12.3. The normalized spacial score (nSPS) is 23.9. The van der Waals surface area contributed by atoms with Gasteiger partial charge >= 0.3 is 0 Å². The van der Waals surface area contributed by atoms with Crippen molar-refractivity contribution in [1.82, 2.24) is 10.2 Å². The Kier molecular flexibility index (Phi) is 3.50. The first-order valence-corrected chi connectivity index (χ1v) is 7.44. The highest BCUT2D eigenvalue weighted by Gasteiger charge is 2.40. The summed E-state index contributed by atoms with van der Waals surface area (Å²) in [5.41, 5.74) is 2.71. The maximum atomic E-state index is 6.40. The zero-order valence-electron chi connectivity index (χ0n) is 10.7. The van der Waals surface area contributed by atoms with Gasteiger partial charge < -0.3 is 10.2 Å². The molecule has 1 heterocycles. The number of piperidine rings is 1. The van der Waals surface area contributed by atoms with Crippen LogP contribution in [0.3, 0.4) is 0 Å². The SMILES string of the molecule is C=CCNC(=S)N1CCC2CC1c1c(Cl)cccc12. The number of benzene rings is 1. The van der Waals surface area contributed by atoms with E-state index in [0.29, 0.717) is 18.5 Å². The van der Waals surface area contributed by atoms with E-state index in [2.05, 4.69) is 28.9 Å². The molecule has 2 bridgehead atoms. The molecule has 100 valence electrons. The fraction of sp³-hybridized carbons (Fsp3) is 0.400. The van der Waals surface area contributed by atoms with Crippen molar-refractivity contribution in [3.63, 3.8) is 0 Å². The molecule has 1 saturated heterocycles. The summed E-state index contributed by atoms with van der Waals surface area (Å²) in [4.78, 5) is 2.28. The highest BCUT2D eigenvalue weighted by Crippen LogP contribution is 2.51. The molecule has 2 atom stereocenters. The monoisotopic (exact) mass is 292 g/mol. The number of thiocarbonyl (C=S) groups is 1. The van der Waals surface area contributed by atoms with Crippen LogP contribution in [0.2, 0.25) is 5.02 Å². The Hall–Kier alpha value is -1.06. The molecule has 1 aromatic rings. The van der Waals surface area contributed by atoms with E-state index in [4.69, 9.17) is 23.8 Å². The molecule has 0 spiro atoms. The second-order valence-electron chi connectivity index (χ2n) is 5.15. The van der Waals surface area contributed by atoms with Gasteiger partial charge in [0.05, 0.1) is 6.04 Å². The van der Waals surface area contributed by atoms with Crippen LogP contribution in [-0.2, 0) is 0 Å². The molecule has 2 aliphatic rings. The molecule has 0 aromatic heterocycles. The lowest BCUT2D eigenvalue weighted by atomic mass is 9.96. The number of nitrogens with zero attached hydrogens (tertiary/aromatic N) is 1. The van der Waals surface area contributed by atoms with Crippen LogP contribution in [0.1, 0.15) is 35.9 Å². The molecule has 1 aromatic carbocycles. The van der Waals surface area contributed by atoms with Gasteiger partial charge in [-0.05, 0) is 48.2 Å². The number of fused-ring (bicyclic) bond motifs is 5. The average Bonchev–Trinajstić information content (AvgIpc) is 2.71. The Morgan fingerprint density at radius 1 is 1.58 bits per heavy atom. The van der Waals surface area contributed by atoms with E-state index >= 15 is 0 Å². The number of nitrogens with one attached hydrogen (secondary N) is 1. The fourth-order valence-corrected chi connectivity index (χ4v) is 3.90. The Balaban J connectivity index is 1.90. The number of likely N-dealkylation sites (tertiary alicyclic amines) is 1. The predicted molar refractivity (Wildman–Crippen MR) is 83.7 cm³/mol. The number of hydrogen-bond acceptors (Lipinski definition) is 1. The van der Waals surface area contributed by atoms with Crippen molar-refractivity contribution in [2.24, 2.45) is 0 Å². The third kappa shape index (κ3) is 2.15. The Labute approximate surface area is 124 Å². The molecule has 4 heteroatoms. The van der Waals surface area contributed by atoms with Crippen molar-refractivity contribution in [2.45, 2.75) is 24.8 Å². The lowest BCUT2D eigenvalue weighted by molar-refractivity contribution is 0.247. The second kappa shape index (κ2) is 5.14. The number of hydrogen-bond donors (Lipinski definition) is 1. The van der Waals surface area contributed by atoms with Crippen molar-refractivity contribution < 1.29 is 0 Å². The van der Waals surface area contributed by atoms with E-state index in [0.717, 1.165) is 29.5 Å². The first kappa shape index (κ1) is 12.9. The molecular weight excluding hydrogens is 276 g/mol. The number of rotatable bonds is 2. The fourth-order valence-electron chi connectivity index (χ4n) is 3.29. The highest BCUT2D eigenvalue weighted by molar-refractivity contribution is 7.80. The van der Waals surface area contributed by atoms with Crippen molar-refractivity contribution in [3.05, 3.63) is 47.0 Å². The molecule has 2 nitrogen and oxygen atoms in total. The van der Waals surface area contributed by atoms with Crippen LogP contribution in [0.4, 0.5) is 0 Å². The van der Waals surface area contributed by atoms with Gasteiger partial charge in [-0.2, -0.15) is 0 Å². The predicted octanol–water partition coefficient (Wildman–Crippen LogP) is 3.63. The molecule has 3 rings (SSSR count). The highest BCUT2D eigenvalue weighted by atomic mass is 35.5. The van der Waals surface area contributed by atoms with Crippen molar-refractivity contribution in [1.29, 1.82) is 0 Å². The lowest BCUT2D eigenvalue weighted by Crippen LogP contribution is -2.43. The van der Waals surface area contributed by atoms with Gasteiger partial charge in [0.1, 0.15) is 0 Å². The van der Waals surface area contributed by atoms with Gasteiger partial charge in [-0.25, -0.2) is 0 Å². The third-order valence-corrected chi connectivity index (χ3v) is 4.83. The van der Waals surface area contributed by atoms with Gasteiger partial charge in [-0.1, -0.05) is 29.8 Å². The van der Waals surface area contributed by atoms with Crippen molar-refractivity contribution >= 4 is 28.9 Å². The van der Waals surface area contributed by atoms with Crippen LogP contribution in [-0.4, -0.2) is 23.1 Å². The first-order chi connectivity index (χ1) is 9.22. The van der Waals surface area contributed by atoms with Crippen LogP contribution in [0, 0.1) is 0 Å². The van der Waals surface area contributed by atoms with E-state index in [1.165, 1.54) is 11.1 Å². The van der Waals surface area contributed by atoms with Crippen LogP contribution < -0.4 is 5.32 Å². The van der Waals surface area contributed by atoms with Gasteiger partial charge in [0.2, 0.25) is 0 Å². The quantitative estimate of drug-likeness (QED) is 0.662. The molecule has 1 N–H and O–H groups in total. The van der Waals surface area contributed by atoms with Gasteiger partial charge in [0, 0.05) is 18.1 Å². The summed E-state index contributed by atoms with van der Waals surface area (Å²) in [6, 6.07) is 6.60. The zero-order chi connectivity index (χ0) is 13.4. The summed E-state index contributed by atoms with van der Waals surface area (Å²) in [6.45, 7) is 5.43. The average molecular weight is 293 g/mol. The van der Waals surface area contributed by atoms with E-state index in [1.54, 1.807) is 0 Å². The van der Waals surface area contributed by atoms with E-state index in [9.17, 15) is 0 Å². The van der Waals surface area contributed by atoms with Gasteiger partial charge in [0.15, 0.2) is 5.11 Å². The first-order valence-electron chi connectivity index (χ1n) is 6.66. The van der Waals surface area contributed by atoms with E-state index in [1.807, 2.05) is 12.1 Å². The molecule has 0 radical (unpaired) electrons. The molecule has 0 amide bonds. The minimum absolute atomic E-state index is 0.340. The molecule has 19 heavy (non-hydrogen) atoms. The minimum Gasteiger partial charge on any atom is -0.359 e. The minimum atomic E-state index is 0.340. The van der Waals surface area contributed by atoms with Crippen LogP contribution >= 0.6 is 23.8 Å². The molecule has 1 aliphatic carbocycles. The van der Waals surface area contributed by atoms with Gasteiger partial charge in [-0.3, -0.25) is 0 Å². The molecule has 2 unspecified atom stereocenters. The maximum Gasteiger partial charge on any atom is 0.169 e.